The molecule has 0 radical (unpaired) electrons. The maximum Gasteiger partial charge on any atom is 0.307 e. The number of methoxy groups -OCH3 is 2. The zero-order chi connectivity index (χ0) is 14.7. The monoisotopic (exact) mass is 279 g/mol. The van der Waals surface area contributed by atoms with Gasteiger partial charge in [0.2, 0.25) is 0 Å². The van der Waals surface area contributed by atoms with Gasteiger partial charge in [0, 0.05) is 19.6 Å². The molecule has 0 saturated carbocycles. The van der Waals surface area contributed by atoms with Crippen molar-refractivity contribution in [1.82, 2.24) is 4.90 Å². The van der Waals surface area contributed by atoms with Crippen molar-refractivity contribution in [2.45, 2.75) is 19.9 Å². The number of benzene rings is 1. The molecule has 0 spiro atoms. The van der Waals surface area contributed by atoms with Crippen molar-refractivity contribution in [1.29, 1.82) is 0 Å². The first-order valence-electron chi connectivity index (χ1n) is 6.74. The lowest BCUT2D eigenvalue weighted by Gasteiger charge is -2.30. The summed E-state index contributed by atoms with van der Waals surface area (Å²) in [5.41, 5.74) is 2.44. The molecule has 5 nitrogen and oxygen atoms in total. The zero-order valence-electron chi connectivity index (χ0n) is 12.2. The minimum absolute atomic E-state index is 0.350. The quantitative estimate of drug-likeness (QED) is 0.890. The summed E-state index contributed by atoms with van der Waals surface area (Å²) in [6, 6.07) is 4.01. The van der Waals surface area contributed by atoms with E-state index in [1.54, 1.807) is 21.1 Å². The van der Waals surface area contributed by atoms with Gasteiger partial charge in [-0.1, -0.05) is 6.92 Å². The first-order valence-corrected chi connectivity index (χ1v) is 6.74. The highest BCUT2D eigenvalue weighted by molar-refractivity contribution is 5.69. The Bertz CT molecular complexity index is 501. The molecule has 1 heterocycles. The molecule has 0 saturated heterocycles. The van der Waals surface area contributed by atoms with Crippen LogP contribution in [-0.4, -0.2) is 43.3 Å². The van der Waals surface area contributed by atoms with Gasteiger partial charge < -0.3 is 14.6 Å². The van der Waals surface area contributed by atoms with Gasteiger partial charge in [-0.2, -0.15) is 0 Å². The molecule has 1 aliphatic rings. The summed E-state index contributed by atoms with van der Waals surface area (Å²) in [4.78, 5) is 13.1. The van der Waals surface area contributed by atoms with E-state index in [9.17, 15) is 4.79 Å². The first kappa shape index (κ1) is 14.7. The van der Waals surface area contributed by atoms with Crippen LogP contribution in [-0.2, 0) is 17.8 Å². The average Bonchev–Trinajstić information content (AvgIpc) is 2.45. The van der Waals surface area contributed by atoms with E-state index in [-0.39, 0.29) is 5.92 Å². The Morgan fingerprint density at radius 2 is 1.90 bits per heavy atom. The predicted octanol–water partition coefficient (Wildman–Crippen LogP) is 1.78. The number of aliphatic carboxylic acids is 1. The van der Waals surface area contributed by atoms with Crippen LogP contribution in [0.4, 0.5) is 0 Å². The highest BCUT2D eigenvalue weighted by atomic mass is 16.5. The number of hydrogen-bond donors (Lipinski definition) is 1. The van der Waals surface area contributed by atoms with Gasteiger partial charge in [-0.15, -0.1) is 0 Å². The van der Waals surface area contributed by atoms with E-state index in [0.717, 1.165) is 31.0 Å². The third-order valence-electron chi connectivity index (χ3n) is 3.75. The number of carbonyl (C=O) groups is 1. The van der Waals surface area contributed by atoms with Crippen LogP contribution in [0.1, 0.15) is 18.1 Å². The number of rotatable bonds is 5. The molecular weight excluding hydrogens is 258 g/mol. The van der Waals surface area contributed by atoms with Crippen molar-refractivity contribution in [2.75, 3.05) is 27.3 Å². The summed E-state index contributed by atoms with van der Waals surface area (Å²) >= 11 is 0. The molecule has 0 aliphatic carbocycles. The van der Waals surface area contributed by atoms with Crippen LogP contribution in [0.3, 0.4) is 0 Å². The van der Waals surface area contributed by atoms with Crippen molar-refractivity contribution < 1.29 is 19.4 Å². The van der Waals surface area contributed by atoms with Crippen molar-refractivity contribution in [3.8, 4) is 11.5 Å². The molecule has 0 amide bonds. The maximum atomic E-state index is 10.9. The minimum atomic E-state index is -0.747. The molecule has 20 heavy (non-hydrogen) atoms. The fourth-order valence-corrected chi connectivity index (χ4v) is 2.56. The van der Waals surface area contributed by atoms with E-state index >= 15 is 0 Å². The third kappa shape index (κ3) is 3.04. The Labute approximate surface area is 119 Å². The molecule has 0 bridgehead atoms. The number of carboxylic acid groups (broad SMARTS) is 1. The van der Waals surface area contributed by atoms with Crippen molar-refractivity contribution in [3.63, 3.8) is 0 Å². The SMILES string of the molecule is COc1cc2c(cc1OC)CN(CC(C)C(=O)O)CC2. The van der Waals surface area contributed by atoms with Gasteiger partial charge in [0.25, 0.3) is 0 Å². The second-order valence-corrected chi connectivity index (χ2v) is 5.20. The lowest BCUT2D eigenvalue weighted by Crippen LogP contribution is -2.36. The molecule has 1 aliphatic heterocycles. The van der Waals surface area contributed by atoms with Gasteiger partial charge in [-0.05, 0) is 29.7 Å². The molecule has 1 atom stereocenters. The van der Waals surface area contributed by atoms with Crippen LogP contribution >= 0.6 is 0 Å². The smallest absolute Gasteiger partial charge is 0.307 e. The summed E-state index contributed by atoms with van der Waals surface area (Å²) < 4.78 is 10.6. The minimum Gasteiger partial charge on any atom is -0.493 e. The van der Waals surface area contributed by atoms with E-state index in [1.807, 2.05) is 12.1 Å². The van der Waals surface area contributed by atoms with Gasteiger partial charge in [0.1, 0.15) is 0 Å². The molecule has 1 unspecified atom stereocenters. The summed E-state index contributed by atoms with van der Waals surface area (Å²) in [5.74, 6) is 0.373. The zero-order valence-corrected chi connectivity index (χ0v) is 12.2. The molecule has 110 valence electrons. The number of ether oxygens (including phenoxy) is 2. The van der Waals surface area contributed by atoms with Crippen LogP contribution in [0.25, 0.3) is 0 Å². The fraction of sp³-hybridized carbons (Fsp3) is 0.533. The molecular formula is C15H21NO4. The number of hydrogen-bond acceptors (Lipinski definition) is 4. The van der Waals surface area contributed by atoms with E-state index in [4.69, 9.17) is 14.6 Å². The van der Waals surface area contributed by atoms with E-state index in [1.165, 1.54) is 11.1 Å². The summed E-state index contributed by atoms with van der Waals surface area (Å²) in [5, 5.41) is 9.00. The van der Waals surface area contributed by atoms with Crippen LogP contribution in [0.15, 0.2) is 12.1 Å². The summed E-state index contributed by atoms with van der Waals surface area (Å²) in [6.07, 6.45) is 0.905. The molecule has 0 fully saturated rings. The fourth-order valence-electron chi connectivity index (χ4n) is 2.56. The van der Waals surface area contributed by atoms with Crippen molar-refractivity contribution in [2.24, 2.45) is 5.92 Å². The van der Waals surface area contributed by atoms with Gasteiger partial charge in [0.05, 0.1) is 20.1 Å². The van der Waals surface area contributed by atoms with Crippen molar-refractivity contribution >= 4 is 5.97 Å². The van der Waals surface area contributed by atoms with Gasteiger partial charge in [-0.25, -0.2) is 0 Å². The van der Waals surface area contributed by atoms with E-state index in [2.05, 4.69) is 4.90 Å². The molecule has 0 aromatic heterocycles. The lowest BCUT2D eigenvalue weighted by atomic mass is 9.98. The Morgan fingerprint density at radius 3 is 2.45 bits per heavy atom. The van der Waals surface area contributed by atoms with Crippen LogP contribution in [0.2, 0.25) is 0 Å². The molecule has 5 heteroatoms. The first-order chi connectivity index (χ1) is 9.55. The normalized spacial score (nSPS) is 16.4. The van der Waals surface area contributed by atoms with E-state index < -0.39 is 5.97 Å². The number of carboxylic acids is 1. The van der Waals surface area contributed by atoms with Crippen LogP contribution in [0.5, 0.6) is 11.5 Å². The Balaban J connectivity index is 2.15. The summed E-state index contributed by atoms with van der Waals surface area (Å²) in [7, 11) is 3.26. The molecule has 1 aromatic rings. The molecule has 1 N–H and O–H groups in total. The van der Waals surface area contributed by atoms with Gasteiger partial charge in [-0.3, -0.25) is 9.69 Å². The second-order valence-electron chi connectivity index (χ2n) is 5.20. The standard InChI is InChI=1S/C15H21NO4/c1-10(15(17)18)8-16-5-4-11-6-13(19-2)14(20-3)7-12(11)9-16/h6-7,10H,4-5,8-9H2,1-3H3,(H,17,18). The van der Waals surface area contributed by atoms with Crippen LogP contribution < -0.4 is 9.47 Å². The Hall–Kier alpha value is -1.75. The van der Waals surface area contributed by atoms with Gasteiger partial charge >= 0.3 is 5.97 Å². The number of fused-ring (bicyclic) bond motifs is 1. The molecule has 1 aromatic carbocycles. The summed E-state index contributed by atoms with van der Waals surface area (Å²) in [6.45, 7) is 3.95. The highest BCUT2D eigenvalue weighted by Crippen LogP contribution is 2.33. The lowest BCUT2D eigenvalue weighted by molar-refractivity contribution is -0.141. The third-order valence-corrected chi connectivity index (χ3v) is 3.75. The average molecular weight is 279 g/mol. The Kier molecular flexibility index (Phi) is 4.49. The van der Waals surface area contributed by atoms with Crippen LogP contribution in [0, 0.1) is 5.92 Å². The van der Waals surface area contributed by atoms with E-state index in [0.29, 0.717) is 6.54 Å². The number of nitrogens with zero attached hydrogens (tertiary/aromatic N) is 1. The molecule has 2 rings (SSSR count). The Morgan fingerprint density at radius 1 is 1.30 bits per heavy atom. The van der Waals surface area contributed by atoms with Crippen molar-refractivity contribution in [3.05, 3.63) is 23.3 Å². The topological polar surface area (TPSA) is 59.0 Å². The maximum absolute atomic E-state index is 10.9. The van der Waals surface area contributed by atoms with Gasteiger partial charge in [0.15, 0.2) is 11.5 Å². The predicted molar refractivity (Wildman–Crippen MR) is 75.3 cm³/mol. The largest absolute Gasteiger partial charge is 0.493 e. The second kappa shape index (κ2) is 6.13. The highest BCUT2D eigenvalue weighted by Gasteiger charge is 2.22.